The van der Waals surface area contributed by atoms with Gasteiger partial charge in [-0.1, -0.05) is 30.3 Å². The minimum Gasteiger partial charge on any atom is -0.465 e. The maximum absolute atomic E-state index is 13.1. The molecule has 0 bridgehead atoms. The number of rotatable bonds is 5. The number of likely N-dealkylation sites (tertiary alicyclic amines) is 1. The van der Waals surface area contributed by atoms with Crippen LogP contribution in [0.3, 0.4) is 0 Å². The van der Waals surface area contributed by atoms with Crippen molar-refractivity contribution < 1.29 is 12.8 Å². The number of sulfonamides is 1. The van der Waals surface area contributed by atoms with Gasteiger partial charge in [-0.15, -0.1) is 0 Å². The van der Waals surface area contributed by atoms with Gasteiger partial charge in [0, 0.05) is 18.6 Å². The second-order valence-corrected chi connectivity index (χ2v) is 9.91. The fourth-order valence-electron chi connectivity index (χ4n) is 4.65. The van der Waals surface area contributed by atoms with Gasteiger partial charge in [0.05, 0.1) is 12.3 Å². The first kappa shape index (κ1) is 18.7. The largest absolute Gasteiger partial charge is 0.465 e. The number of piperidine rings is 1. The summed E-state index contributed by atoms with van der Waals surface area (Å²) in [6.07, 6.45) is 4.15. The predicted molar refractivity (Wildman–Crippen MR) is 106 cm³/mol. The Labute approximate surface area is 162 Å². The molecule has 0 N–H and O–H groups in total. The Morgan fingerprint density at radius 3 is 2.48 bits per heavy atom. The molecule has 2 aliphatic rings. The molecular formula is C21H28N2O3S. The van der Waals surface area contributed by atoms with Crippen LogP contribution in [0.4, 0.5) is 0 Å². The van der Waals surface area contributed by atoms with Crippen molar-refractivity contribution >= 4 is 10.0 Å². The van der Waals surface area contributed by atoms with Crippen molar-refractivity contribution in [3.05, 3.63) is 59.5 Å². The Kier molecular flexibility index (Phi) is 5.14. The maximum Gasteiger partial charge on any atom is 0.218 e. The maximum atomic E-state index is 13.1. The molecule has 27 heavy (non-hydrogen) atoms. The highest BCUT2D eigenvalue weighted by molar-refractivity contribution is 7.88. The van der Waals surface area contributed by atoms with Crippen LogP contribution >= 0.6 is 0 Å². The van der Waals surface area contributed by atoms with Crippen LogP contribution in [0.25, 0.3) is 0 Å². The number of hydrogen-bond donors (Lipinski definition) is 0. The molecule has 1 aromatic heterocycles. The van der Waals surface area contributed by atoms with Gasteiger partial charge in [0.1, 0.15) is 11.5 Å². The molecule has 2 aromatic rings. The van der Waals surface area contributed by atoms with E-state index in [0.717, 1.165) is 55.9 Å². The molecule has 1 unspecified atom stereocenters. The van der Waals surface area contributed by atoms with Crippen LogP contribution in [-0.4, -0.2) is 42.8 Å². The lowest BCUT2D eigenvalue weighted by Crippen LogP contribution is -2.56. The van der Waals surface area contributed by atoms with Gasteiger partial charge in [0.25, 0.3) is 0 Å². The lowest BCUT2D eigenvalue weighted by atomic mass is 9.87. The summed E-state index contributed by atoms with van der Waals surface area (Å²) in [5, 5.41) is 0. The van der Waals surface area contributed by atoms with Crippen LogP contribution in [0, 0.1) is 6.92 Å². The Balaban J connectivity index is 1.50. The number of benzene rings is 1. The monoisotopic (exact) mass is 388 g/mol. The summed E-state index contributed by atoms with van der Waals surface area (Å²) in [7, 11) is -3.31. The molecule has 6 heteroatoms. The lowest BCUT2D eigenvalue weighted by Gasteiger charge is -2.45. The van der Waals surface area contributed by atoms with Gasteiger partial charge >= 0.3 is 0 Å². The minimum absolute atomic E-state index is 0.0529. The Hall–Kier alpha value is -1.63. The van der Waals surface area contributed by atoms with Gasteiger partial charge in [-0.3, -0.25) is 4.90 Å². The van der Waals surface area contributed by atoms with E-state index in [2.05, 4.69) is 4.90 Å². The summed E-state index contributed by atoms with van der Waals surface area (Å²) in [6.45, 7) is 4.96. The molecule has 5 nitrogen and oxygen atoms in total. The third-order valence-corrected chi connectivity index (χ3v) is 7.79. The lowest BCUT2D eigenvalue weighted by molar-refractivity contribution is 0.0623. The summed E-state index contributed by atoms with van der Waals surface area (Å²) >= 11 is 0. The van der Waals surface area contributed by atoms with E-state index in [1.807, 2.05) is 49.4 Å². The average molecular weight is 389 g/mol. The van der Waals surface area contributed by atoms with E-state index in [1.54, 1.807) is 4.31 Å². The zero-order valence-electron chi connectivity index (χ0n) is 15.9. The molecule has 2 saturated heterocycles. The van der Waals surface area contributed by atoms with E-state index < -0.39 is 10.0 Å². The van der Waals surface area contributed by atoms with Gasteiger partial charge in [-0.25, -0.2) is 8.42 Å². The summed E-state index contributed by atoms with van der Waals surface area (Å²) < 4.78 is 33.6. The van der Waals surface area contributed by atoms with Crippen LogP contribution in [-0.2, 0) is 22.3 Å². The van der Waals surface area contributed by atoms with Crippen LogP contribution in [0.2, 0.25) is 0 Å². The smallest absolute Gasteiger partial charge is 0.218 e. The average Bonchev–Trinajstić information content (AvgIpc) is 3.22. The molecule has 2 aliphatic heterocycles. The van der Waals surface area contributed by atoms with Crippen molar-refractivity contribution in [1.82, 2.24) is 9.21 Å². The first-order valence-corrected chi connectivity index (χ1v) is 11.4. The zero-order valence-corrected chi connectivity index (χ0v) is 16.7. The zero-order chi connectivity index (χ0) is 18.9. The van der Waals surface area contributed by atoms with Crippen molar-refractivity contribution in [2.75, 3.05) is 19.6 Å². The van der Waals surface area contributed by atoms with Crippen LogP contribution in [0.1, 0.15) is 42.8 Å². The number of hydrogen-bond acceptors (Lipinski definition) is 4. The topological polar surface area (TPSA) is 53.8 Å². The molecule has 1 spiro atoms. The van der Waals surface area contributed by atoms with Crippen molar-refractivity contribution in [2.45, 2.75) is 50.4 Å². The standard InChI is InChI=1S/C21H28N2O3S/c1-18-9-10-20(26-18)15-22-13-5-11-21(22)12-6-14-23(17-21)27(24,25)16-19-7-3-2-4-8-19/h2-4,7-10H,5-6,11-17H2,1H3. The first-order valence-electron chi connectivity index (χ1n) is 9.79. The van der Waals surface area contributed by atoms with E-state index >= 15 is 0 Å². The summed E-state index contributed by atoms with van der Waals surface area (Å²) in [4.78, 5) is 2.45. The minimum atomic E-state index is -3.31. The third-order valence-electron chi connectivity index (χ3n) is 5.99. The highest BCUT2D eigenvalue weighted by Gasteiger charge is 2.46. The van der Waals surface area contributed by atoms with Crippen molar-refractivity contribution in [3.8, 4) is 0 Å². The van der Waals surface area contributed by atoms with E-state index in [-0.39, 0.29) is 11.3 Å². The summed E-state index contributed by atoms with van der Waals surface area (Å²) in [6, 6.07) is 13.5. The molecule has 1 atom stereocenters. The van der Waals surface area contributed by atoms with Crippen LogP contribution in [0.15, 0.2) is 46.9 Å². The number of nitrogens with zero attached hydrogens (tertiary/aromatic N) is 2. The molecule has 0 saturated carbocycles. The van der Waals surface area contributed by atoms with Crippen molar-refractivity contribution in [3.63, 3.8) is 0 Å². The second-order valence-electron chi connectivity index (χ2n) is 7.94. The van der Waals surface area contributed by atoms with E-state index in [4.69, 9.17) is 4.42 Å². The fourth-order valence-corrected chi connectivity index (χ4v) is 6.29. The normalized spacial score (nSPS) is 24.6. The highest BCUT2D eigenvalue weighted by Crippen LogP contribution is 2.39. The molecule has 146 valence electrons. The van der Waals surface area contributed by atoms with Gasteiger partial charge in [-0.2, -0.15) is 4.31 Å². The van der Waals surface area contributed by atoms with Crippen molar-refractivity contribution in [1.29, 1.82) is 0 Å². The first-order chi connectivity index (χ1) is 13.0. The Morgan fingerprint density at radius 1 is 1.04 bits per heavy atom. The SMILES string of the molecule is Cc1ccc(CN2CCCC23CCCN(S(=O)(=O)Cc2ccccc2)C3)o1. The summed E-state index contributed by atoms with van der Waals surface area (Å²) in [5.74, 6) is 1.98. The quantitative estimate of drug-likeness (QED) is 0.786. The highest BCUT2D eigenvalue weighted by atomic mass is 32.2. The second kappa shape index (κ2) is 7.41. The van der Waals surface area contributed by atoms with Crippen LogP contribution < -0.4 is 0 Å². The van der Waals surface area contributed by atoms with Gasteiger partial charge in [0.2, 0.25) is 10.0 Å². The summed E-state index contributed by atoms with van der Waals surface area (Å²) in [5.41, 5.74) is 0.800. The van der Waals surface area contributed by atoms with E-state index in [1.165, 1.54) is 0 Å². The molecule has 0 aliphatic carbocycles. The van der Waals surface area contributed by atoms with Gasteiger partial charge < -0.3 is 4.42 Å². The molecule has 1 aromatic carbocycles. The third kappa shape index (κ3) is 3.98. The van der Waals surface area contributed by atoms with E-state index in [0.29, 0.717) is 13.1 Å². The molecule has 0 radical (unpaired) electrons. The number of aryl methyl sites for hydroxylation is 1. The Bertz CT molecular complexity index is 878. The van der Waals surface area contributed by atoms with E-state index in [9.17, 15) is 8.42 Å². The van der Waals surface area contributed by atoms with Gasteiger partial charge in [0.15, 0.2) is 0 Å². The molecule has 3 heterocycles. The molecule has 4 rings (SSSR count). The predicted octanol–water partition coefficient (Wildman–Crippen LogP) is 3.55. The fraction of sp³-hybridized carbons (Fsp3) is 0.524. The number of furan rings is 1. The van der Waals surface area contributed by atoms with Gasteiger partial charge in [-0.05, 0) is 56.8 Å². The van der Waals surface area contributed by atoms with Crippen LogP contribution in [0.5, 0.6) is 0 Å². The Morgan fingerprint density at radius 2 is 1.78 bits per heavy atom. The molecule has 2 fully saturated rings. The van der Waals surface area contributed by atoms with Crippen molar-refractivity contribution in [2.24, 2.45) is 0 Å². The molecular weight excluding hydrogens is 360 g/mol. The molecule has 0 amide bonds.